The molecule has 0 radical (unpaired) electrons. The standard InChI is InChI=1S/C22H26N2O2S/c1-2-27-20-14-8-6-12-18(20)21(25)23-19-13-7-5-11-17(19)22(26)24-15-9-3-4-10-16-24/h5-8,11-14H,2-4,9-10,15-16H2,1H3,(H,23,25). The number of benzene rings is 2. The van der Waals surface area contributed by atoms with Crippen LogP contribution in [0.25, 0.3) is 0 Å². The van der Waals surface area contributed by atoms with E-state index >= 15 is 0 Å². The number of hydrogen-bond donors (Lipinski definition) is 1. The first-order valence-corrected chi connectivity index (χ1v) is 10.6. The molecule has 5 heteroatoms. The predicted molar refractivity (Wildman–Crippen MR) is 112 cm³/mol. The fourth-order valence-corrected chi connectivity index (χ4v) is 4.15. The second-order valence-electron chi connectivity index (χ2n) is 6.64. The van der Waals surface area contributed by atoms with Crippen molar-refractivity contribution in [3.05, 3.63) is 59.7 Å². The molecule has 2 amide bonds. The van der Waals surface area contributed by atoms with Gasteiger partial charge in [0.2, 0.25) is 0 Å². The van der Waals surface area contributed by atoms with Gasteiger partial charge in [-0.25, -0.2) is 0 Å². The molecule has 4 nitrogen and oxygen atoms in total. The molecular weight excluding hydrogens is 356 g/mol. The summed E-state index contributed by atoms with van der Waals surface area (Å²) in [6, 6.07) is 14.9. The van der Waals surface area contributed by atoms with Crippen molar-refractivity contribution in [2.24, 2.45) is 0 Å². The minimum absolute atomic E-state index is 0.00372. The molecule has 0 unspecified atom stereocenters. The van der Waals surface area contributed by atoms with Gasteiger partial charge >= 0.3 is 0 Å². The molecule has 1 fully saturated rings. The summed E-state index contributed by atoms with van der Waals surface area (Å²) in [6.45, 7) is 3.64. The van der Waals surface area contributed by atoms with Gasteiger partial charge in [-0.3, -0.25) is 9.59 Å². The van der Waals surface area contributed by atoms with E-state index in [9.17, 15) is 9.59 Å². The number of nitrogens with zero attached hydrogens (tertiary/aromatic N) is 1. The lowest BCUT2D eigenvalue weighted by Crippen LogP contribution is -2.32. The zero-order chi connectivity index (χ0) is 19.1. The first kappa shape index (κ1) is 19.5. The second kappa shape index (κ2) is 9.60. The van der Waals surface area contributed by atoms with Crippen LogP contribution in [0.2, 0.25) is 0 Å². The van der Waals surface area contributed by atoms with E-state index in [0.29, 0.717) is 16.8 Å². The SMILES string of the molecule is CCSc1ccccc1C(=O)Nc1ccccc1C(=O)N1CCCCCC1. The van der Waals surface area contributed by atoms with Crippen molar-refractivity contribution < 1.29 is 9.59 Å². The van der Waals surface area contributed by atoms with E-state index < -0.39 is 0 Å². The third kappa shape index (κ3) is 4.92. The fraction of sp³-hybridized carbons (Fsp3) is 0.364. The van der Waals surface area contributed by atoms with Crippen molar-refractivity contribution in [3.8, 4) is 0 Å². The van der Waals surface area contributed by atoms with Gasteiger partial charge in [0.1, 0.15) is 0 Å². The zero-order valence-corrected chi connectivity index (χ0v) is 16.6. The molecule has 0 saturated carbocycles. The van der Waals surface area contributed by atoms with Crippen LogP contribution in [0.15, 0.2) is 53.4 Å². The van der Waals surface area contributed by atoms with Crippen molar-refractivity contribution >= 4 is 29.3 Å². The Hall–Kier alpha value is -2.27. The Morgan fingerprint density at radius 2 is 1.56 bits per heavy atom. The second-order valence-corrected chi connectivity index (χ2v) is 7.94. The van der Waals surface area contributed by atoms with Crippen molar-refractivity contribution in [2.45, 2.75) is 37.5 Å². The van der Waals surface area contributed by atoms with Crippen molar-refractivity contribution in [1.29, 1.82) is 0 Å². The van der Waals surface area contributed by atoms with Crippen LogP contribution in [0.5, 0.6) is 0 Å². The Balaban J connectivity index is 1.82. The number of nitrogens with one attached hydrogen (secondary N) is 1. The van der Waals surface area contributed by atoms with Crippen LogP contribution in [0.1, 0.15) is 53.3 Å². The third-order valence-corrected chi connectivity index (χ3v) is 5.69. The molecule has 1 heterocycles. The molecule has 0 spiro atoms. The molecule has 2 aromatic carbocycles. The smallest absolute Gasteiger partial charge is 0.256 e. The Morgan fingerprint density at radius 1 is 0.926 bits per heavy atom. The third-order valence-electron chi connectivity index (χ3n) is 4.73. The lowest BCUT2D eigenvalue weighted by atomic mass is 10.1. The average molecular weight is 383 g/mol. The number of likely N-dealkylation sites (tertiary alicyclic amines) is 1. The molecule has 27 heavy (non-hydrogen) atoms. The Labute approximate surface area is 165 Å². The minimum atomic E-state index is -0.178. The largest absolute Gasteiger partial charge is 0.339 e. The maximum atomic E-state index is 13.0. The van der Waals surface area contributed by atoms with E-state index in [2.05, 4.69) is 12.2 Å². The molecule has 142 valence electrons. The molecule has 1 saturated heterocycles. The molecule has 0 bridgehead atoms. The number of thioether (sulfide) groups is 1. The van der Waals surface area contributed by atoms with Crippen molar-refractivity contribution in [2.75, 3.05) is 24.2 Å². The average Bonchev–Trinajstić information content (AvgIpc) is 2.98. The summed E-state index contributed by atoms with van der Waals surface area (Å²) >= 11 is 1.64. The molecular formula is C22H26N2O2S. The van der Waals surface area contributed by atoms with Crippen LogP contribution in [0.3, 0.4) is 0 Å². The highest BCUT2D eigenvalue weighted by Crippen LogP contribution is 2.25. The van der Waals surface area contributed by atoms with Crippen LogP contribution < -0.4 is 5.32 Å². The molecule has 3 rings (SSSR count). The van der Waals surface area contributed by atoms with Gasteiger partial charge in [0.15, 0.2) is 0 Å². The van der Waals surface area contributed by atoms with E-state index in [1.165, 1.54) is 12.8 Å². The van der Waals surface area contributed by atoms with E-state index in [4.69, 9.17) is 0 Å². The van der Waals surface area contributed by atoms with E-state index in [0.717, 1.165) is 36.6 Å². The Kier molecular flexibility index (Phi) is 6.93. The van der Waals surface area contributed by atoms with Gasteiger partial charge in [-0.05, 0) is 42.9 Å². The summed E-state index contributed by atoms with van der Waals surface area (Å²) in [5, 5.41) is 2.96. The van der Waals surface area contributed by atoms with Crippen molar-refractivity contribution in [1.82, 2.24) is 4.90 Å². The van der Waals surface area contributed by atoms with Gasteiger partial charge < -0.3 is 10.2 Å². The van der Waals surface area contributed by atoms with Gasteiger partial charge in [0.05, 0.1) is 16.8 Å². The number of hydrogen-bond acceptors (Lipinski definition) is 3. The van der Waals surface area contributed by atoms with E-state index in [1.54, 1.807) is 23.9 Å². The molecule has 0 aliphatic carbocycles. The van der Waals surface area contributed by atoms with Gasteiger partial charge in [0.25, 0.3) is 11.8 Å². The van der Waals surface area contributed by atoms with Crippen LogP contribution >= 0.6 is 11.8 Å². The summed E-state index contributed by atoms with van der Waals surface area (Å²) in [5.74, 6) is 0.723. The predicted octanol–water partition coefficient (Wildman–Crippen LogP) is 5.07. The Morgan fingerprint density at radius 3 is 2.26 bits per heavy atom. The van der Waals surface area contributed by atoms with Crippen molar-refractivity contribution in [3.63, 3.8) is 0 Å². The minimum Gasteiger partial charge on any atom is -0.339 e. The van der Waals surface area contributed by atoms with Gasteiger partial charge in [0, 0.05) is 18.0 Å². The maximum absolute atomic E-state index is 13.0. The van der Waals surface area contributed by atoms with Crippen LogP contribution in [-0.4, -0.2) is 35.6 Å². The summed E-state index contributed by atoms with van der Waals surface area (Å²) in [4.78, 5) is 28.8. The topological polar surface area (TPSA) is 49.4 Å². The van der Waals surface area contributed by atoms with Gasteiger partial charge in [-0.1, -0.05) is 44.0 Å². The number of carbonyl (C=O) groups excluding carboxylic acids is 2. The number of carbonyl (C=O) groups is 2. The molecule has 1 N–H and O–H groups in total. The summed E-state index contributed by atoms with van der Waals surface area (Å²) in [6.07, 6.45) is 4.44. The summed E-state index contributed by atoms with van der Waals surface area (Å²) in [5.41, 5.74) is 1.78. The number of para-hydroxylation sites is 1. The number of amides is 2. The van der Waals surface area contributed by atoms with E-state index in [1.807, 2.05) is 41.3 Å². The maximum Gasteiger partial charge on any atom is 0.256 e. The lowest BCUT2D eigenvalue weighted by molar-refractivity contribution is 0.0762. The van der Waals surface area contributed by atoms with Gasteiger partial charge in [-0.2, -0.15) is 0 Å². The highest BCUT2D eigenvalue weighted by molar-refractivity contribution is 7.99. The normalized spacial score (nSPS) is 14.5. The van der Waals surface area contributed by atoms with E-state index in [-0.39, 0.29) is 11.8 Å². The van der Waals surface area contributed by atoms with Crippen LogP contribution in [0, 0.1) is 0 Å². The number of rotatable bonds is 5. The molecule has 2 aromatic rings. The Bertz CT molecular complexity index is 798. The zero-order valence-electron chi connectivity index (χ0n) is 15.7. The first-order valence-electron chi connectivity index (χ1n) is 9.62. The lowest BCUT2D eigenvalue weighted by Gasteiger charge is -2.22. The summed E-state index contributed by atoms with van der Waals surface area (Å²) in [7, 11) is 0. The number of anilines is 1. The molecule has 0 aromatic heterocycles. The van der Waals surface area contributed by atoms with Gasteiger partial charge in [-0.15, -0.1) is 11.8 Å². The summed E-state index contributed by atoms with van der Waals surface area (Å²) < 4.78 is 0. The quantitative estimate of drug-likeness (QED) is 0.735. The monoisotopic (exact) mass is 382 g/mol. The molecule has 0 atom stereocenters. The van der Waals surface area contributed by atoms with Crippen LogP contribution in [0.4, 0.5) is 5.69 Å². The first-order chi connectivity index (χ1) is 13.2. The highest BCUT2D eigenvalue weighted by atomic mass is 32.2. The molecule has 1 aliphatic rings. The fourth-order valence-electron chi connectivity index (χ4n) is 3.35. The van der Waals surface area contributed by atoms with Crippen LogP contribution in [-0.2, 0) is 0 Å². The molecule has 1 aliphatic heterocycles. The highest BCUT2D eigenvalue weighted by Gasteiger charge is 2.21.